The van der Waals surface area contributed by atoms with Gasteiger partial charge in [0.25, 0.3) is 6.35 Å². The smallest absolute Gasteiger partial charge is 0.325 e. The van der Waals surface area contributed by atoms with Gasteiger partial charge in [0.1, 0.15) is 0 Å². The van der Waals surface area contributed by atoms with Crippen molar-refractivity contribution >= 4 is 6.02 Å². The third-order valence-electron chi connectivity index (χ3n) is 1.45. The van der Waals surface area contributed by atoms with E-state index in [9.17, 15) is 0 Å². The van der Waals surface area contributed by atoms with Crippen molar-refractivity contribution in [1.29, 1.82) is 0 Å². The van der Waals surface area contributed by atoms with E-state index in [1.54, 1.807) is 0 Å². The van der Waals surface area contributed by atoms with Crippen LogP contribution in [0.1, 0.15) is 0 Å². The van der Waals surface area contributed by atoms with Gasteiger partial charge in [-0.1, -0.05) is 5.06 Å². The average Bonchev–Trinajstić information content (AvgIpc) is 1.81. The van der Waals surface area contributed by atoms with Crippen LogP contribution in [0.5, 0.6) is 0 Å². The lowest BCUT2D eigenvalue weighted by Crippen LogP contribution is -2.79. The summed E-state index contributed by atoms with van der Waals surface area (Å²) in [5.41, 5.74) is 0. The summed E-state index contributed by atoms with van der Waals surface area (Å²) in [6.07, 6.45) is -1.09. The first-order chi connectivity index (χ1) is 4.36. The van der Waals surface area contributed by atoms with Crippen molar-refractivity contribution in [1.82, 2.24) is 10.1 Å². The molecule has 1 N–H and O–H groups in total. The zero-order valence-corrected chi connectivity index (χ0v) is 4.26. The Morgan fingerprint density at radius 3 is 2.78 bits per heavy atom. The highest BCUT2D eigenvalue weighted by Gasteiger charge is 2.61. The van der Waals surface area contributed by atoms with Crippen LogP contribution in [0, 0.1) is 0 Å². The zero-order chi connectivity index (χ0) is 6.01. The van der Waals surface area contributed by atoms with Gasteiger partial charge < -0.3 is 9.84 Å². The van der Waals surface area contributed by atoms with E-state index >= 15 is 0 Å². The Labute approximate surface area is 49.8 Å². The molecule has 0 amide bonds. The van der Waals surface area contributed by atoms with Gasteiger partial charge >= 0.3 is 6.02 Å². The zero-order valence-electron chi connectivity index (χ0n) is 4.26. The fourth-order valence-corrected chi connectivity index (χ4v) is 0.970. The monoisotopic (exact) mass is 129 g/mol. The molecular weight excluding hydrogens is 126 g/mol. The topological polar surface area (TPSA) is 57.5 Å². The number of nitrogens with zero attached hydrogens (tertiary/aromatic N) is 3. The van der Waals surface area contributed by atoms with E-state index in [-0.39, 0.29) is 6.35 Å². The fourth-order valence-electron chi connectivity index (χ4n) is 0.970. The highest BCUT2D eigenvalue weighted by Crippen LogP contribution is 2.37. The molecule has 3 atom stereocenters. The Kier molecular flexibility index (Phi) is 0.413. The number of amidine groups is 1. The molecule has 6 heteroatoms. The molecule has 0 saturated carbocycles. The van der Waals surface area contributed by atoms with Crippen molar-refractivity contribution < 1.29 is 14.8 Å². The van der Waals surface area contributed by atoms with Gasteiger partial charge in [0, 0.05) is 0 Å². The largest absolute Gasteiger partial charge is 0.420 e. The first kappa shape index (κ1) is 4.04. The maximum absolute atomic E-state index is 8.92. The third kappa shape index (κ3) is 0.257. The second-order valence-electron chi connectivity index (χ2n) is 1.97. The van der Waals surface area contributed by atoms with Crippen LogP contribution >= 0.6 is 0 Å². The molecule has 48 valence electrons. The maximum atomic E-state index is 8.92. The number of hydroxylamine groups is 4. The molecule has 6 nitrogen and oxygen atoms in total. The average molecular weight is 129 g/mol. The molecule has 5 heterocycles. The van der Waals surface area contributed by atoms with E-state index < -0.39 is 6.35 Å². The van der Waals surface area contributed by atoms with Crippen LogP contribution in [-0.4, -0.2) is 34.0 Å². The lowest BCUT2D eigenvalue weighted by Gasteiger charge is -2.57. The molecule has 0 aromatic carbocycles. The molecule has 0 aliphatic carbocycles. The molecule has 5 aliphatic heterocycles. The van der Waals surface area contributed by atoms with E-state index in [2.05, 4.69) is 4.99 Å². The molecule has 2 saturated heterocycles. The molecule has 5 aliphatic rings. The number of hydrogen-bond acceptors (Lipinski definition) is 6. The molecule has 9 heavy (non-hydrogen) atoms. The second kappa shape index (κ2) is 0.919. The summed E-state index contributed by atoms with van der Waals surface area (Å²) in [5.74, 6) is 0. The van der Waals surface area contributed by atoms with Gasteiger partial charge in [-0.05, 0) is 0 Å². The minimum atomic E-state index is -0.872. The Hall–Kier alpha value is -0.850. The van der Waals surface area contributed by atoms with Crippen molar-refractivity contribution in [2.75, 3.05) is 0 Å². The van der Waals surface area contributed by atoms with Crippen molar-refractivity contribution in [3.63, 3.8) is 0 Å². The van der Waals surface area contributed by atoms with E-state index in [0.717, 1.165) is 0 Å². The lowest BCUT2D eigenvalue weighted by molar-refractivity contribution is -0.579. The van der Waals surface area contributed by atoms with Crippen LogP contribution in [0.4, 0.5) is 0 Å². The van der Waals surface area contributed by atoms with Crippen LogP contribution in [0.3, 0.4) is 0 Å². The molecule has 2 fully saturated rings. The van der Waals surface area contributed by atoms with Crippen molar-refractivity contribution in [3.05, 3.63) is 0 Å². The second-order valence-corrected chi connectivity index (χ2v) is 1.97. The predicted molar refractivity (Wildman–Crippen MR) is 23.1 cm³/mol. The van der Waals surface area contributed by atoms with Gasteiger partial charge in [-0.2, -0.15) is 9.93 Å². The van der Waals surface area contributed by atoms with Gasteiger partial charge in [0.05, 0.1) is 0 Å². The SMILES string of the molecule is OC1N=C2OC3N2ON13. The number of aliphatic hydroxyl groups excluding tert-OH is 1. The van der Waals surface area contributed by atoms with Gasteiger partial charge in [0.2, 0.25) is 6.35 Å². The Bertz CT molecular complexity index is 204. The first-order valence-corrected chi connectivity index (χ1v) is 2.54. The molecule has 0 spiro atoms. The summed E-state index contributed by atoms with van der Waals surface area (Å²) < 4.78 is 4.92. The Morgan fingerprint density at radius 1 is 1.67 bits per heavy atom. The first-order valence-electron chi connectivity index (χ1n) is 2.54. The van der Waals surface area contributed by atoms with Crippen LogP contribution in [0.2, 0.25) is 0 Å². The van der Waals surface area contributed by atoms with Crippen molar-refractivity contribution in [2.45, 2.75) is 12.7 Å². The number of hydrogen-bond donors (Lipinski definition) is 1. The third-order valence-corrected chi connectivity index (χ3v) is 1.45. The minimum Gasteiger partial charge on any atom is -0.420 e. The molecule has 5 rings (SSSR count). The number of aliphatic imine (C=N–C) groups is 1. The molecule has 0 aromatic rings. The number of rotatable bonds is 0. The van der Waals surface area contributed by atoms with Gasteiger partial charge in [-0.15, -0.1) is 5.06 Å². The summed E-state index contributed by atoms with van der Waals surface area (Å²) in [4.78, 5) is 8.47. The fraction of sp³-hybridized carbons (Fsp3) is 0.667. The van der Waals surface area contributed by atoms with E-state index in [1.807, 2.05) is 0 Å². The molecule has 0 radical (unpaired) electrons. The predicted octanol–water partition coefficient (Wildman–Crippen LogP) is -1.59. The van der Waals surface area contributed by atoms with Crippen LogP contribution in [0.15, 0.2) is 4.99 Å². The van der Waals surface area contributed by atoms with Crippen molar-refractivity contribution in [3.8, 4) is 0 Å². The van der Waals surface area contributed by atoms with Gasteiger partial charge in [-0.3, -0.25) is 0 Å². The Balaban J connectivity index is 2.09. The molecular formula is C3H3N3O3. The highest BCUT2D eigenvalue weighted by atomic mass is 17.0. The van der Waals surface area contributed by atoms with E-state index in [1.165, 1.54) is 10.1 Å². The summed E-state index contributed by atoms with van der Waals surface area (Å²) in [6.45, 7) is 0. The quantitative estimate of drug-likeness (QED) is 0.427. The van der Waals surface area contributed by atoms with Crippen LogP contribution < -0.4 is 0 Å². The highest BCUT2D eigenvalue weighted by molar-refractivity contribution is 5.79. The summed E-state index contributed by atoms with van der Waals surface area (Å²) in [5, 5.41) is 11.7. The summed E-state index contributed by atoms with van der Waals surface area (Å²) in [6, 6.07) is 0.370. The summed E-state index contributed by atoms with van der Waals surface area (Å²) in [7, 11) is 0. The normalized spacial score (nSPS) is 50.6. The standard InChI is InChI=1S/C3H3N3O3/c7-1-4-2-6-3(8-2)5(1)9-6/h1,3,7H. The lowest BCUT2D eigenvalue weighted by atomic mass is 10.5. The number of aliphatic hydroxyl groups is 1. The van der Waals surface area contributed by atoms with E-state index in [4.69, 9.17) is 14.8 Å². The van der Waals surface area contributed by atoms with Crippen LogP contribution in [-0.2, 0) is 9.68 Å². The summed E-state index contributed by atoms with van der Waals surface area (Å²) >= 11 is 0. The van der Waals surface area contributed by atoms with Gasteiger partial charge in [0.15, 0.2) is 0 Å². The van der Waals surface area contributed by atoms with Crippen molar-refractivity contribution in [2.24, 2.45) is 4.99 Å². The Morgan fingerprint density at radius 2 is 2.56 bits per heavy atom. The molecule has 0 aromatic heterocycles. The van der Waals surface area contributed by atoms with E-state index in [0.29, 0.717) is 6.02 Å². The molecule has 3 unspecified atom stereocenters. The molecule has 4 bridgehead atoms. The van der Waals surface area contributed by atoms with Crippen LogP contribution in [0.25, 0.3) is 0 Å². The number of ether oxygens (including phenoxy) is 1. The minimum absolute atomic E-state index is 0.215. The van der Waals surface area contributed by atoms with Gasteiger partial charge in [-0.25, -0.2) is 0 Å². The maximum Gasteiger partial charge on any atom is 0.325 e.